The lowest BCUT2D eigenvalue weighted by atomic mass is 10.2. The van der Waals surface area contributed by atoms with Gasteiger partial charge in [-0.15, -0.1) is 0 Å². The number of benzene rings is 3. The first kappa shape index (κ1) is 24.4. The van der Waals surface area contributed by atoms with Crippen LogP contribution in [0.2, 0.25) is 15.1 Å². The first-order valence-corrected chi connectivity index (χ1v) is 10.6. The van der Waals surface area contributed by atoms with Gasteiger partial charge in [0.25, 0.3) is 0 Å². The second kappa shape index (κ2) is 11.6. The highest BCUT2D eigenvalue weighted by molar-refractivity contribution is 6.45. The molecule has 170 valence electrons. The van der Waals surface area contributed by atoms with E-state index in [2.05, 4.69) is 15.8 Å². The van der Waals surface area contributed by atoms with Gasteiger partial charge in [0, 0.05) is 5.02 Å². The van der Waals surface area contributed by atoms with Crippen LogP contribution >= 0.6 is 34.8 Å². The summed E-state index contributed by atoms with van der Waals surface area (Å²) in [5.41, 5.74) is 3.93. The molecule has 0 unspecified atom stereocenters. The van der Waals surface area contributed by atoms with Crippen LogP contribution in [0.4, 0.5) is 5.69 Å². The molecule has 0 aromatic heterocycles. The highest BCUT2D eigenvalue weighted by Crippen LogP contribution is 2.30. The number of anilines is 1. The van der Waals surface area contributed by atoms with Crippen molar-refractivity contribution in [3.63, 3.8) is 0 Å². The van der Waals surface area contributed by atoms with Crippen molar-refractivity contribution in [3.05, 3.63) is 86.9 Å². The van der Waals surface area contributed by atoms with Crippen LogP contribution in [0.5, 0.6) is 11.5 Å². The molecule has 0 saturated carbocycles. The Morgan fingerprint density at radius 3 is 2.45 bits per heavy atom. The molecule has 3 aromatic rings. The number of ether oxygens (including phenoxy) is 2. The number of nitrogens with zero attached hydrogens (tertiary/aromatic N) is 1. The Kier molecular flexibility index (Phi) is 8.54. The van der Waals surface area contributed by atoms with Crippen molar-refractivity contribution in [2.75, 3.05) is 12.4 Å². The number of rotatable bonds is 7. The summed E-state index contributed by atoms with van der Waals surface area (Å²) >= 11 is 17.8. The summed E-state index contributed by atoms with van der Waals surface area (Å²) in [5.74, 6) is -0.906. The van der Waals surface area contributed by atoms with Gasteiger partial charge in [0.15, 0.2) is 11.5 Å². The molecule has 0 fully saturated rings. The first-order valence-electron chi connectivity index (χ1n) is 9.51. The molecule has 0 spiro atoms. The van der Waals surface area contributed by atoms with E-state index in [1.807, 2.05) is 12.1 Å². The largest absolute Gasteiger partial charge is 0.493 e. The summed E-state index contributed by atoms with van der Waals surface area (Å²) in [6.45, 7) is 0.336. The van der Waals surface area contributed by atoms with Gasteiger partial charge in [-0.2, -0.15) is 5.10 Å². The molecule has 0 heterocycles. The first-order chi connectivity index (χ1) is 15.9. The Balaban J connectivity index is 1.57. The van der Waals surface area contributed by atoms with Crippen molar-refractivity contribution in [2.24, 2.45) is 5.10 Å². The highest BCUT2D eigenvalue weighted by atomic mass is 35.5. The normalized spacial score (nSPS) is 10.7. The van der Waals surface area contributed by atoms with Crippen LogP contribution < -0.4 is 20.2 Å². The summed E-state index contributed by atoms with van der Waals surface area (Å²) in [6.07, 6.45) is 1.36. The lowest BCUT2D eigenvalue weighted by molar-refractivity contribution is -0.136. The number of carbonyl (C=O) groups is 2. The molecule has 0 radical (unpaired) electrons. The number of carbonyl (C=O) groups excluding carboxylic acids is 2. The number of amides is 2. The molecule has 2 amide bonds. The Bertz CT molecular complexity index is 1180. The monoisotopic (exact) mass is 505 g/mol. The van der Waals surface area contributed by atoms with Crippen molar-refractivity contribution < 1.29 is 19.1 Å². The Morgan fingerprint density at radius 2 is 1.73 bits per heavy atom. The molecular weight excluding hydrogens is 489 g/mol. The van der Waals surface area contributed by atoms with E-state index in [4.69, 9.17) is 44.3 Å². The number of hydrazone groups is 1. The van der Waals surface area contributed by atoms with Gasteiger partial charge in [-0.05, 0) is 53.6 Å². The predicted molar refractivity (Wildman–Crippen MR) is 130 cm³/mol. The maximum atomic E-state index is 12.0. The van der Waals surface area contributed by atoms with Gasteiger partial charge < -0.3 is 14.8 Å². The van der Waals surface area contributed by atoms with Gasteiger partial charge in [0.1, 0.15) is 6.61 Å². The topological polar surface area (TPSA) is 89.0 Å². The standard InChI is InChI=1S/C23H18Cl3N3O4/c1-32-20-11-15(7-10-19(20)33-13-14-5-8-16(24)9-6-14)12-27-29-23(31)22(30)28-18-4-2-3-17(25)21(18)26/h2-12H,13H2,1H3,(H,28,30)(H,29,31). The van der Waals surface area contributed by atoms with E-state index in [1.165, 1.54) is 19.4 Å². The number of hydrogen-bond donors (Lipinski definition) is 2. The molecule has 0 saturated heterocycles. The van der Waals surface area contributed by atoms with Crippen LogP contribution in [-0.4, -0.2) is 25.1 Å². The molecule has 3 rings (SSSR count). The Morgan fingerprint density at radius 1 is 0.970 bits per heavy atom. The van der Waals surface area contributed by atoms with Gasteiger partial charge >= 0.3 is 11.8 Å². The second-order valence-electron chi connectivity index (χ2n) is 6.58. The Labute approximate surface area is 205 Å². The van der Waals surface area contributed by atoms with Crippen molar-refractivity contribution in [2.45, 2.75) is 6.61 Å². The van der Waals surface area contributed by atoms with Crippen LogP contribution in [0, 0.1) is 0 Å². The molecule has 10 heteroatoms. The number of methoxy groups -OCH3 is 1. The molecule has 0 aliphatic carbocycles. The third-order valence-electron chi connectivity index (χ3n) is 4.28. The van der Waals surface area contributed by atoms with E-state index in [1.54, 1.807) is 42.5 Å². The van der Waals surface area contributed by atoms with E-state index in [-0.39, 0.29) is 15.7 Å². The fourth-order valence-electron chi connectivity index (χ4n) is 2.62. The van der Waals surface area contributed by atoms with Gasteiger partial charge in [0.2, 0.25) is 0 Å². The zero-order chi connectivity index (χ0) is 23.8. The summed E-state index contributed by atoms with van der Waals surface area (Å²) in [4.78, 5) is 24.0. The van der Waals surface area contributed by atoms with E-state index in [0.717, 1.165) is 5.56 Å². The maximum absolute atomic E-state index is 12.0. The van der Waals surface area contributed by atoms with Crippen LogP contribution in [-0.2, 0) is 16.2 Å². The lowest BCUT2D eigenvalue weighted by Crippen LogP contribution is -2.32. The molecule has 0 aliphatic heterocycles. The van der Waals surface area contributed by atoms with Crippen molar-refractivity contribution in [1.82, 2.24) is 5.43 Å². The summed E-state index contributed by atoms with van der Waals surface area (Å²) in [6, 6.07) is 17.1. The quantitative estimate of drug-likeness (QED) is 0.258. The van der Waals surface area contributed by atoms with Crippen LogP contribution in [0.25, 0.3) is 0 Å². The number of hydrogen-bond acceptors (Lipinski definition) is 5. The third-order valence-corrected chi connectivity index (χ3v) is 5.35. The fourth-order valence-corrected chi connectivity index (χ4v) is 3.09. The summed E-state index contributed by atoms with van der Waals surface area (Å²) < 4.78 is 11.2. The van der Waals surface area contributed by atoms with E-state index in [0.29, 0.717) is 28.7 Å². The Hall–Kier alpha value is -3.26. The van der Waals surface area contributed by atoms with Crippen LogP contribution in [0.15, 0.2) is 65.8 Å². The minimum Gasteiger partial charge on any atom is -0.493 e. The van der Waals surface area contributed by atoms with E-state index >= 15 is 0 Å². The highest BCUT2D eigenvalue weighted by Gasteiger charge is 2.15. The minimum absolute atomic E-state index is 0.134. The predicted octanol–water partition coefficient (Wildman–Crippen LogP) is 5.32. The van der Waals surface area contributed by atoms with Gasteiger partial charge in [-0.1, -0.05) is 53.0 Å². The van der Waals surface area contributed by atoms with Crippen molar-refractivity contribution in [3.8, 4) is 11.5 Å². The van der Waals surface area contributed by atoms with Crippen LogP contribution in [0.3, 0.4) is 0 Å². The molecule has 7 nitrogen and oxygen atoms in total. The zero-order valence-corrected chi connectivity index (χ0v) is 19.5. The van der Waals surface area contributed by atoms with Gasteiger partial charge in [-0.25, -0.2) is 5.43 Å². The summed E-state index contributed by atoms with van der Waals surface area (Å²) in [7, 11) is 1.51. The molecular formula is C23H18Cl3N3O4. The van der Waals surface area contributed by atoms with Crippen LogP contribution in [0.1, 0.15) is 11.1 Å². The van der Waals surface area contributed by atoms with E-state index in [9.17, 15) is 9.59 Å². The lowest BCUT2D eigenvalue weighted by Gasteiger charge is -2.11. The average Bonchev–Trinajstić information content (AvgIpc) is 2.81. The van der Waals surface area contributed by atoms with E-state index < -0.39 is 11.8 Å². The zero-order valence-electron chi connectivity index (χ0n) is 17.3. The molecule has 3 aromatic carbocycles. The third kappa shape index (κ3) is 6.86. The van der Waals surface area contributed by atoms with Crippen molar-refractivity contribution in [1.29, 1.82) is 0 Å². The second-order valence-corrected chi connectivity index (χ2v) is 7.80. The smallest absolute Gasteiger partial charge is 0.329 e. The molecule has 0 bridgehead atoms. The molecule has 0 aliphatic rings. The summed E-state index contributed by atoms with van der Waals surface area (Å²) in [5, 5.41) is 7.21. The van der Waals surface area contributed by atoms with Gasteiger partial charge in [0.05, 0.1) is 29.1 Å². The number of halogens is 3. The van der Waals surface area contributed by atoms with Crippen molar-refractivity contribution >= 4 is 58.5 Å². The van der Waals surface area contributed by atoms with Gasteiger partial charge in [-0.3, -0.25) is 9.59 Å². The average molecular weight is 507 g/mol. The number of nitrogens with one attached hydrogen (secondary N) is 2. The molecule has 0 atom stereocenters. The SMILES string of the molecule is COc1cc(C=NNC(=O)C(=O)Nc2cccc(Cl)c2Cl)ccc1OCc1ccc(Cl)cc1. The molecule has 33 heavy (non-hydrogen) atoms. The fraction of sp³-hybridized carbons (Fsp3) is 0.0870. The maximum Gasteiger partial charge on any atom is 0.329 e. The minimum atomic E-state index is -0.975. The molecule has 2 N–H and O–H groups in total.